The van der Waals surface area contributed by atoms with Crippen LogP contribution in [0.3, 0.4) is 0 Å². The Morgan fingerprint density at radius 1 is 1.27 bits per heavy atom. The van der Waals surface area contributed by atoms with Gasteiger partial charge in [-0.25, -0.2) is 0 Å². The van der Waals surface area contributed by atoms with Crippen LogP contribution >= 0.6 is 0 Å². The summed E-state index contributed by atoms with van der Waals surface area (Å²) in [5.74, 6) is 0.792. The van der Waals surface area contributed by atoms with Crippen molar-refractivity contribution in [2.45, 2.75) is 57.9 Å². The number of Topliss-reactive ketones (excluding diaryl/α,β-unsaturated/α-hetero) is 1. The molecule has 1 aliphatic rings. The molecule has 2 nitrogen and oxygen atoms in total. The van der Waals surface area contributed by atoms with Crippen molar-refractivity contribution in [1.82, 2.24) is 4.90 Å². The van der Waals surface area contributed by atoms with Crippen LogP contribution in [0, 0.1) is 5.92 Å². The fraction of sp³-hybridized carbons (Fsp3) is 0.923. The van der Waals surface area contributed by atoms with Crippen LogP contribution in [0.4, 0.5) is 0 Å². The minimum absolute atomic E-state index is 0.248. The molecule has 0 aromatic heterocycles. The molecule has 1 rings (SSSR count). The number of rotatable bonds is 4. The number of carbonyl (C=O) groups is 1. The zero-order chi connectivity index (χ0) is 11.5. The molecule has 0 saturated heterocycles. The molecule has 1 aliphatic carbocycles. The van der Waals surface area contributed by atoms with Gasteiger partial charge in [-0.1, -0.05) is 26.2 Å². The second-order valence-electron chi connectivity index (χ2n) is 5.22. The van der Waals surface area contributed by atoms with E-state index in [-0.39, 0.29) is 5.54 Å². The molecule has 0 N–H and O–H groups in total. The Kier molecular flexibility index (Phi) is 4.32. The van der Waals surface area contributed by atoms with Crippen molar-refractivity contribution in [3.05, 3.63) is 0 Å². The van der Waals surface area contributed by atoms with E-state index in [0.29, 0.717) is 11.7 Å². The first kappa shape index (κ1) is 12.7. The highest BCUT2D eigenvalue weighted by molar-refractivity contribution is 5.90. The number of likely N-dealkylation sites (N-methyl/N-ethyl adjacent to an activating group) is 1. The minimum Gasteiger partial charge on any atom is -0.297 e. The van der Waals surface area contributed by atoms with Gasteiger partial charge in [0.1, 0.15) is 0 Å². The standard InChI is InChI=1S/C13H25NO/c1-5-13(2,14(3)4)12(15)11-9-7-6-8-10-11/h11H,5-10H2,1-4H3. The quantitative estimate of drug-likeness (QED) is 0.712. The summed E-state index contributed by atoms with van der Waals surface area (Å²) in [6, 6.07) is 0. The van der Waals surface area contributed by atoms with Crippen molar-refractivity contribution in [2.24, 2.45) is 5.92 Å². The summed E-state index contributed by atoms with van der Waals surface area (Å²) >= 11 is 0. The number of hydrogen-bond donors (Lipinski definition) is 0. The maximum absolute atomic E-state index is 12.5. The van der Waals surface area contributed by atoms with Gasteiger partial charge in [-0.3, -0.25) is 9.69 Å². The average molecular weight is 211 g/mol. The van der Waals surface area contributed by atoms with Gasteiger partial charge in [0.2, 0.25) is 0 Å². The molecule has 0 aromatic carbocycles. The van der Waals surface area contributed by atoms with Crippen LogP contribution < -0.4 is 0 Å². The number of nitrogens with zero attached hydrogens (tertiary/aromatic N) is 1. The molecule has 1 atom stereocenters. The molecular formula is C13H25NO. The van der Waals surface area contributed by atoms with Crippen LogP contribution in [0.25, 0.3) is 0 Å². The minimum atomic E-state index is -0.248. The van der Waals surface area contributed by atoms with E-state index in [1.165, 1.54) is 19.3 Å². The Bertz CT molecular complexity index is 219. The second-order valence-corrected chi connectivity index (χ2v) is 5.22. The lowest BCUT2D eigenvalue weighted by Crippen LogP contribution is -2.51. The topological polar surface area (TPSA) is 20.3 Å². The first-order valence-corrected chi connectivity index (χ1v) is 6.24. The molecule has 0 aromatic rings. The molecule has 1 fully saturated rings. The Morgan fingerprint density at radius 3 is 2.20 bits per heavy atom. The third-order valence-corrected chi connectivity index (χ3v) is 4.18. The highest BCUT2D eigenvalue weighted by Crippen LogP contribution is 2.31. The van der Waals surface area contributed by atoms with Crippen molar-refractivity contribution in [3.63, 3.8) is 0 Å². The van der Waals surface area contributed by atoms with Crippen LogP contribution in [0.15, 0.2) is 0 Å². The first-order valence-electron chi connectivity index (χ1n) is 6.24. The van der Waals surface area contributed by atoms with Crippen LogP contribution in [-0.2, 0) is 4.79 Å². The van der Waals surface area contributed by atoms with E-state index < -0.39 is 0 Å². The largest absolute Gasteiger partial charge is 0.297 e. The molecule has 0 aliphatic heterocycles. The van der Waals surface area contributed by atoms with Gasteiger partial charge in [-0.15, -0.1) is 0 Å². The lowest BCUT2D eigenvalue weighted by atomic mass is 9.77. The van der Waals surface area contributed by atoms with Gasteiger partial charge < -0.3 is 0 Å². The lowest BCUT2D eigenvalue weighted by Gasteiger charge is -2.38. The molecular weight excluding hydrogens is 186 g/mol. The van der Waals surface area contributed by atoms with Gasteiger partial charge in [0.05, 0.1) is 5.54 Å². The van der Waals surface area contributed by atoms with Crippen molar-refractivity contribution in [2.75, 3.05) is 14.1 Å². The summed E-state index contributed by atoms with van der Waals surface area (Å²) in [4.78, 5) is 14.5. The highest BCUT2D eigenvalue weighted by Gasteiger charge is 2.38. The van der Waals surface area contributed by atoms with Crippen LogP contribution in [-0.4, -0.2) is 30.3 Å². The summed E-state index contributed by atoms with van der Waals surface area (Å²) < 4.78 is 0. The van der Waals surface area contributed by atoms with E-state index >= 15 is 0 Å². The normalized spacial score (nSPS) is 22.7. The molecule has 0 spiro atoms. The summed E-state index contributed by atoms with van der Waals surface area (Å²) in [5.41, 5.74) is -0.248. The zero-order valence-electron chi connectivity index (χ0n) is 10.7. The van der Waals surface area contributed by atoms with E-state index in [0.717, 1.165) is 19.3 Å². The lowest BCUT2D eigenvalue weighted by molar-refractivity contribution is -0.134. The van der Waals surface area contributed by atoms with Gasteiger partial charge in [0.15, 0.2) is 5.78 Å². The summed E-state index contributed by atoms with van der Waals surface area (Å²) in [6.45, 7) is 4.20. The molecule has 1 unspecified atom stereocenters. The van der Waals surface area contributed by atoms with Crippen LogP contribution in [0.1, 0.15) is 52.4 Å². The Hall–Kier alpha value is -0.370. The summed E-state index contributed by atoms with van der Waals surface area (Å²) in [6.07, 6.45) is 6.93. The highest BCUT2D eigenvalue weighted by atomic mass is 16.1. The molecule has 88 valence electrons. The van der Waals surface area contributed by atoms with Gasteiger partial charge in [0.25, 0.3) is 0 Å². The van der Waals surface area contributed by atoms with Crippen molar-refractivity contribution in [3.8, 4) is 0 Å². The van der Waals surface area contributed by atoms with E-state index in [1.54, 1.807) is 0 Å². The molecule has 0 amide bonds. The smallest absolute Gasteiger partial charge is 0.155 e. The van der Waals surface area contributed by atoms with Gasteiger partial charge in [-0.2, -0.15) is 0 Å². The van der Waals surface area contributed by atoms with Gasteiger partial charge in [-0.05, 0) is 40.3 Å². The predicted octanol–water partition coefficient (Wildman–Crippen LogP) is 2.87. The maximum atomic E-state index is 12.5. The van der Waals surface area contributed by atoms with E-state index in [1.807, 2.05) is 14.1 Å². The number of hydrogen-bond acceptors (Lipinski definition) is 2. The monoisotopic (exact) mass is 211 g/mol. The third kappa shape index (κ3) is 2.60. The SMILES string of the molecule is CCC(C)(C(=O)C1CCCCC1)N(C)C. The van der Waals surface area contributed by atoms with Gasteiger partial charge >= 0.3 is 0 Å². The van der Waals surface area contributed by atoms with E-state index in [2.05, 4.69) is 18.7 Å². The predicted molar refractivity (Wildman–Crippen MR) is 64.0 cm³/mol. The summed E-state index contributed by atoms with van der Waals surface area (Å²) in [7, 11) is 4.04. The second kappa shape index (κ2) is 5.11. The van der Waals surface area contributed by atoms with E-state index in [9.17, 15) is 4.79 Å². The van der Waals surface area contributed by atoms with Crippen molar-refractivity contribution >= 4 is 5.78 Å². The zero-order valence-corrected chi connectivity index (χ0v) is 10.7. The Morgan fingerprint density at radius 2 is 1.80 bits per heavy atom. The Labute approximate surface area is 94.0 Å². The molecule has 1 saturated carbocycles. The van der Waals surface area contributed by atoms with Crippen LogP contribution in [0.5, 0.6) is 0 Å². The van der Waals surface area contributed by atoms with Gasteiger partial charge in [0, 0.05) is 5.92 Å². The molecule has 0 bridgehead atoms. The summed E-state index contributed by atoms with van der Waals surface area (Å²) in [5, 5.41) is 0. The fourth-order valence-corrected chi connectivity index (χ4v) is 2.52. The maximum Gasteiger partial charge on any atom is 0.155 e. The first-order chi connectivity index (χ1) is 7.02. The average Bonchev–Trinajstić information content (AvgIpc) is 2.28. The fourth-order valence-electron chi connectivity index (χ4n) is 2.52. The van der Waals surface area contributed by atoms with Crippen molar-refractivity contribution < 1.29 is 4.79 Å². The molecule has 0 heterocycles. The molecule has 2 heteroatoms. The van der Waals surface area contributed by atoms with E-state index in [4.69, 9.17) is 0 Å². The number of ketones is 1. The molecule has 0 radical (unpaired) electrons. The number of carbonyl (C=O) groups excluding carboxylic acids is 1. The third-order valence-electron chi connectivity index (χ3n) is 4.18. The van der Waals surface area contributed by atoms with Crippen LogP contribution in [0.2, 0.25) is 0 Å². The Balaban J connectivity index is 2.71. The van der Waals surface area contributed by atoms with Crippen molar-refractivity contribution in [1.29, 1.82) is 0 Å². The molecule has 15 heavy (non-hydrogen) atoms.